The summed E-state index contributed by atoms with van der Waals surface area (Å²) in [5, 5.41) is 3.16. The van der Waals surface area contributed by atoms with Crippen molar-refractivity contribution < 1.29 is 8.42 Å². The van der Waals surface area contributed by atoms with Gasteiger partial charge in [0.1, 0.15) is 0 Å². The van der Waals surface area contributed by atoms with E-state index in [2.05, 4.69) is 12.2 Å². The highest BCUT2D eigenvalue weighted by molar-refractivity contribution is 7.92. The second kappa shape index (κ2) is 5.45. The first-order valence-corrected chi connectivity index (χ1v) is 7.88. The number of hydrogen-bond acceptors (Lipinski definition) is 3. The van der Waals surface area contributed by atoms with Crippen LogP contribution in [0, 0.1) is 0 Å². The summed E-state index contributed by atoms with van der Waals surface area (Å²) in [6.07, 6.45) is 3.93. The normalized spacial score (nSPS) is 14.7. The highest BCUT2D eigenvalue weighted by Crippen LogP contribution is 2.17. The van der Waals surface area contributed by atoms with Crippen molar-refractivity contribution in [3.8, 4) is 0 Å². The molecule has 1 heterocycles. The van der Waals surface area contributed by atoms with Gasteiger partial charge in [-0.05, 0) is 46.4 Å². The van der Waals surface area contributed by atoms with Gasteiger partial charge in [-0.2, -0.15) is 0 Å². The van der Waals surface area contributed by atoms with Crippen molar-refractivity contribution in [2.24, 2.45) is 0 Å². The Morgan fingerprint density at radius 3 is 2.50 bits per heavy atom. The molecule has 0 spiro atoms. The number of aromatic nitrogens is 1. The van der Waals surface area contributed by atoms with E-state index in [1.807, 2.05) is 30.1 Å². The van der Waals surface area contributed by atoms with Crippen LogP contribution in [0.3, 0.4) is 0 Å². The maximum Gasteiger partial charge on any atom is 0.156 e. The van der Waals surface area contributed by atoms with Crippen LogP contribution in [0.1, 0.15) is 39.3 Å². The zero-order valence-electron chi connectivity index (χ0n) is 11.9. The van der Waals surface area contributed by atoms with Crippen LogP contribution < -0.4 is 5.32 Å². The van der Waals surface area contributed by atoms with Crippen molar-refractivity contribution in [1.29, 1.82) is 0 Å². The van der Waals surface area contributed by atoms with Crippen molar-refractivity contribution in [2.45, 2.75) is 45.0 Å². The van der Waals surface area contributed by atoms with Crippen molar-refractivity contribution in [1.82, 2.24) is 9.88 Å². The molecule has 0 aliphatic carbocycles. The van der Waals surface area contributed by atoms with Gasteiger partial charge in [-0.3, -0.25) is 0 Å². The lowest BCUT2D eigenvalue weighted by molar-refractivity contribution is 0.553. The summed E-state index contributed by atoms with van der Waals surface area (Å²) < 4.78 is 25.3. The van der Waals surface area contributed by atoms with Crippen LogP contribution >= 0.6 is 0 Å². The summed E-state index contributed by atoms with van der Waals surface area (Å²) >= 11 is 0. The Kier molecular flexibility index (Phi) is 4.61. The fourth-order valence-corrected chi connectivity index (χ4v) is 2.62. The Morgan fingerprint density at radius 2 is 2.00 bits per heavy atom. The minimum atomic E-state index is -3.05. The average molecular weight is 272 g/mol. The van der Waals surface area contributed by atoms with Gasteiger partial charge in [0.05, 0.1) is 10.5 Å². The first-order chi connectivity index (χ1) is 8.17. The molecule has 18 heavy (non-hydrogen) atoms. The van der Waals surface area contributed by atoms with Crippen LogP contribution in [0.15, 0.2) is 18.5 Å². The zero-order chi connectivity index (χ0) is 14.0. The highest BCUT2D eigenvalue weighted by atomic mass is 32.2. The molecule has 0 saturated heterocycles. The SMILES string of the molecule is CNC(C)c1ccn(CCS(=O)(=O)C(C)(C)C)c1. The highest BCUT2D eigenvalue weighted by Gasteiger charge is 2.28. The summed E-state index contributed by atoms with van der Waals surface area (Å²) in [5.41, 5.74) is 1.17. The molecule has 1 aromatic heterocycles. The third kappa shape index (κ3) is 3.59. The molecule has 0 aliphatic rings. The standard InChI is InChI=1S/C13H24N2O2S/c1-11(14-5)12-6-7-15(10-12)8-9-18(16,17)13(2,3)4/h6-7,10-11,14H,8-9H2,1-5H3. The number of aryl methyl sites for hydroxylation is 1. The second-order valence-electron chi connectivity index (χ2n) is 5.62. The topological polar surface area (TPSA) is 51.1 Å². The van der Waals surface area contributed by atoms with Gasteiger partial charge in [0.15, 0.2) is 9.84 Å². The molecular formula is C13H24N2O2S. The van der Waals surface area contributed by atoms with Gasteiger partial charge in [-0.25, -0.2) is 8.42 Å². The van der Waals surface area contributed by atoms with Gasteiger partial charge >= 0.3 is 0 Å². The van der Waals surface area contributed by atoms with Gasteiger partial charge in [-0.15, -0.1) is 0 Å². The smallest absolute Gasteiger partial charge is 0.156 e. The minimum absolute atomic E-state index is 0.179. The zero-order valence-corrected chi connectivity index (χ0v) is 12.7. The van der Waals surface area contributed by atoms with Crippen LogP contribution in [0.5, 0.6) is 0 Å². The molecule has 4 nitrogen and oxygen atoms in total. The monoisotopic (exact) mass is 272 g/mol. The van der Waals surface area contributed by atoms with E-state index in [1.54, 1.807) is 20.8 Å². The van der Waals surface area contributed by atoms with Gasteiger partial charge in [0, 0.05) is 25.0 Å². The fourth-order valence-electron chi connectivity index (χ4n) is 1.55. The van der Waals surface area contributed by atoms with E-state index in [9.17, 15) is 8.42 Å². The van der Waals surface area contributed by atoms with E-state index in [0.717, 1.165) is 0 Å². The molecule has 1 rings (SSSR count). The van der Waals surface area contributed by atoms with E-state index < -0.39 is 14.6 Å². The summed E-state index contributed by atoms with van der Waals surface area (Å²) in [4.78, 5) is 0. The maximum absolute atomic E-state index is 12.0. The van der Waals surface area contributed by atoms with Crippen LogP contribution in [0.4, 0.5) is 0 Å². The molecule has 1 aromatic rings. The van der Waals surface area contributed by atoms with Crippen molar-refractivity contribution in [3.63, 3.8) is 0 Å². The molecule has 1 atom stereocenters. The first kappa shape index (κ1) is 15.2. The van der Waals surface area contributed by atoms with Gasteiger partial charge in [-0.1, -0.05) is 0 Å². The van der Waals surface area contributed by atoms with Crippen molar-refractivity contribution in [3.05, 3.63) is 24.0 Å². The Hall–Kier alpha value is -0.810. The number of rotatable bonds is 5. The van der Waals surface area contributed by atoms with Crippen LogP contribution in [-0.4, -0.2) is 30.5 Å². The molecule has 0 aliphatic heterocycles. The van der Waals surface area contributed by atoms with Gasteiger partial charge in [0.2, 0.25) is 0 Å². The molecule has 5 heteroatoms. The average Bonchev–Trinajstić information content (AvgIpc) is 2.72. The Labute approximate surface area is 110 Å². The molecular weight excluding hydrogens is 248 g/mol. The van der Waals surface area contributed by atoms with Crippen LogP contribution in [-0.2, 0) is 16.4 Å². The van der Waals surface area contributed by atoms with Crippen molar-refractivity contribution in [2.75, 3.05) is 12.8 Å². The fraction of sp³-hybridized carbons (Fsp3) is 0.692. The third-order valence-electron chi connectivity index (χ3n) is 3.26. The second-order valence-corrected chi connectivity index (χ2v) is 8.49. The minimum Gasteiger partial charge on any atom is -0.353 e. The lowest BCUT2D eigenvalue weighted by atomic mass is 10.2. The molecule has 0 fully saturated rings. The van der Waals surface area contributed by atoms with E-state index >= 15 is 0 Å². The Morgan fingerprint density at radius 1 is 1.39 bits per heavy atom. The summed E-state index contributed by atoms with van der Waals surface area (Å²) in [5.74, 6) is 0.179. The summed E-state index contributed by atoms with van der Waals surface area (Å²) in [6, 6.07) is 2.30. The largest absolute Gasteiger partial charge is 0.353 e. The summed E-state index contributed by atoms with van der Waals surface area (Å²) in [7, 11) is -1.14. The molecule has 0 amide bonds. The molecule has 1 N–H and O–H groups in total. The molecule has 104 valence electrons. The molecule has 1 unspecified atom stereocenters. The Balaban J connectivity index is 2.68. The Bertz CT molecular complexity index is 483. The predicted molar refractivity (Wildman–Crippen MR) is 75.4 cm³/mol. The van der Waals surface area contributed by atoms with E-state index in [1.165, 1.54) is 5.56 Å². The van der Waals surface area contributed by atoms with E-state index in [4.69, 9.17) is 0 Å². The van der Waals surface area contributed by atoms with Crippen LogP contribution in [0.2, 0.25) is 0 Å². The lowest BCUT2D eigenvalue weighted by Gasteiger charge is -2.19. The number of hydrogen-bond donors (Lipinski definition) is 1. The van der Waals surface area contributed by atoms with E-state index in [-0.39, 0.29) is 11.8 Å². The maximum atomic E-state index is 12.0. The lowest BCUT2D eigenvalue weighted by Crippen LogP contribution is -2.31. The third-order valence-corrected chi connectivity index (χ3v) is 5.84. The van der Waals surface area contributed by atoms with Crippen molar-refractivity contribution >= 4 is 9.84 Å². The summed E-state index contributed by atoms with van der Waals surface area (Å²) in [6.45, 7) is 7.81. The first-order valence-electron chi connectivity index (χ1n) is 6.22. The molecule has 0 saturated carbocycles. The quantitative estimate of drug-likeness (QED) is 0.891. The number of nitrogens with zero attached hydrogens (tertiary/aromatic N) is 1. The molecule has 0 aromatic carbocycles. The molecule has 0 radical (unpaired) electrons. The van der Waals surface area contributed by atoms with Gasteiger partial charge < -0.3 is 9.88 Å². The number of sulfone groups is 1. The van der Waals surface area contributed by atoms with E-state index in [0.29, 0.717) is 6.54 Å². The molecule has 0 bridgehead atoms. The predicted octanol–water partition coefficient (Wildman–Crippen LogP) is 1.98. The van der Waals surface area contributed by atoms with Gasteiger partial charge in [0.25, 0.3) is 0 Å². The van der Waals surface area contributed by atoms with Crippen LogP contribution in [0.25, 0.3) is 0 Å². The number of nitrogens with one attached hydrogen (secondary N) is 1.